The van der Waals surface area contributed by atoms with Crippen molar-refractivity contribution in [2.24, 2.45) is 17.8 Å². The van der Waals surface area contributed by atoms with Gasteiger partial charge in [0.2, 0.25) is 5.91 Å². The number of aliphatic hydroxyl groups excluding tert-OH is 1. The highest BCUT2D eigenvalue weighted by molar-refractivity contribution is 5.78. The molecule has 1 aliphatic heterocycles. The standard InChI is InChI=1S/C15H28N2O2/c1-11(2)15(19)16-14-8-13(7-12-3-4-12)9-17(10-14)5-6-18/h11-14,18H,3-10H2,1-2H3,(H,16,19). The minimum atomic E-state index is 0.0510. The largest absolute Gasteiger partial charge is 0.395 e. The monoisotopic (exact) mass is 268 g/mol. The van der Waals surface area contributed by atoms with E-state index in [1.165, 1.54) is 19.3 Å². The van der Waals surface area contributed by atoms with Crippen LogP contribution in [0.1, 0.15) is 39.5 Å². The molecular formula is C15H28N2O2. The van der Waals surface area contributed by atoms with Gasteiger partial charge in [0.25, 0.3) is 0 Å². The molecular weight excluding hydrogens is 240 g/mol. The normalized spacial score (nSPS) is 28.6. The van der Waals surface area contributed by atoms with Gasteiger partial charge in [0.05, 0.1) is 6.61 Å². The van der Waals surface area contributed by atoms with Crippen LogP contribution < -0.4 is 5.32 Å². The zero-order valence-corrected chi connectivity index (χ0v) is 12.3. The second-order valence-corrected chi connectivity index (χ2v) is 6.62. The fourth-order valence-corrected chi connectivity index (χ4v) is 3.09. The highest BCUT2D eigenvalue weighted by atomic mass is 16.3. The number of hydrogen-bond acceptors (Lipinski definition) is 3. The third-order valence-corrected chi connectivity index (χ3v) is 4.26. The number of amides is 1. The van der Waals surface area contributed by atoms with Crippen molar-refractivity contribution >= 4 is 5.91 Å². The van der Waals surface area contributed by atoms with Crippen LogP contribution in [-0.2, 0) is 4.79 Å². The maximum atomic E-state index is 11.8. The van der Waals surface area contributed by atoms with Crippen LogP contribution >= 0.6 is 0 Å². The molecule has 19 heavy (non-hydrogen) atoms. The fourth-order valence-electron chi connectivity index (χ4n) is 3.09. The Balaban J connectivity index is 1.87. The summed E-state index contributed by atoms with van der Waals surface area (Å²) in [4.78, 5) is 14.1. The summed E-state index contributed by atoms with van der Waals surface area (Å²) in [6, 6.07) is 0.263. The highest BCUT2D eigenvalue weighted by Gasteiger charge is 2.32. The van der Waals surface area contributed by atoms with Gasteiger partial charge in [0.15, 0.2) is 0 Å². The van der Waals surface area contributed by atoms with Crippen molar-refractivity contribution in [3.63, 3.8) is 0 Å². The summed E-state index contributed by atoms with van der Waals surface area (Å²) in [5.74, 6) is 1.82. The number of hydrogen-bond donors (Lipinski definition) is 2. The van der Waals surface area contributed by atoms with E-state index >= 15 is 0 Å². The predicted octanol–water partition coefficient (Wildman–Crippen LogP) is 1.24. The Morgan fingerprint density at radius 1 is 1.32 bits per heavy atom. The molecule has 2 atom stereocenters. The number of carbonyl (C=O) groups excluding carboxylic acids is 1. The van der Waals surface area contributed by atoms with Gasteiger partial charge in [-0.3, -0.25) is 9.69 Å². The van der Waals surface area contributed by atoms with E-state index in [2.05, 4.69) is 10.2 Å². The number of nitrogens with zero attached hydrogens (tertiary/aromatic N) is 1. The van der Waals surface area contributed by atoms with Crippen LogP contribution in [0.4, 0.5) is 0 Å². The minimum Gasteiger partial charge on any atom is -0.395 e. The molecule has 0 aromatic rings. The molecule has 2 N–H and O–H groups in total. The first-order chi connectivity index (χ1) is 9.08. The zero-order chi connectivity index (χ0) is 13.8. The van der Waals surface area contributed by atoms with Crippen molar-refractivity contribution in [1.82, 2.24) is 10.2 Å². The SMILES string of the molecule is CC(C)C(=O)NC1CC(CC2CC2)CN(CCO)C1. The number of β-amino-alcohol motifs (C(OH)–C–C–N with tert-alkyl or cyclic N) is 1. The van der Waals surface area contributed by atoms with Gasteiger partial charge in [0, 0.05) is 31.6 Å². The van der Waals surface area contributed by atoms with Crippen LogP contribution in [0.3, 0.4) is 0 Å². The molecule has 2 rings (SSSR count). The van der Waals surface area contributed by atoms with Gasteiger partial charge in [-0.05, 0) is 24.7 Å². The van der Waals surface area contributed by atoms with Gasteiger partial charge in [-0.25, -0.2) is 0 Å². The van der Waals surface area contributed by atoms with Crippen LogP contribution in [0.2, 0.25) is 0 Å². The van der Waals surface area contributed by atoms with Crippen molar-refractivity contribution in [2.75, 3.05) is 26.2 Å². The Morgan fingerprint density at radius 3 is 2.63 bits per heavy atom. The third-order valence-electron chi connectivity index (χ3n) is 4.26. The fraction of sp³-hybridized carbons (Fsp3) is 0.933. The zero-order valence-electron chi connectivity index (χ0n) is 12.3. The van der Waals surface area contributed by atoms with Crippen LogP contribution in [0.5, 0.6) is 0 Å². The van der Waals surface area contributed by atoms with Gasteiger partial charge in [0.1, 0.15) is 0 Å². The van der Waals surface area contributed by atoms with Gasteiger partial charge < -0.3 is 10.4 Å². The minimum absolute atomic E-state index is 0.0510. The lowest BCUT2D eigenvalue weighted by Crippen LogP contribution is -2.52. The second-order valence-electron chi connectivity index (χ2n) is 6.62. The summed E-state index contributed by atoms with van der Waals surface area (Å²) >= 11 is 0. The number of aliphatic hydroxyl groups is 1. The number of piperidine rings is 1. The molecule has 2 aliphatic rings. The molecule has 0 spiro atoms. The van der Waals surface area contributed by atoms with E-state index < -0.39 is 0 Å². The van der Waals surface area contributed by atoms with E-state index in [-0.39, 0.29) is 24.5 Å². The van der Waals surface area contributed by atoms with Crippen molar-refractivity contribution in [1.29, 1.82) is 0 Å². The molecule has 0 bridgehead atoms. The van der Waals surface area contributed by atoms with Crippen molar-refractivity contribution in [2.45, 2.75) is 45.6 Å². The van der Waals surface area contributed by atoms with Gasteiger partial charge in [-0.1, -0.05) is 26.7 Å². The number of likely N-dealkylation sites (tertiary alicyclic amines) is 1. The Bertz CT molecular complexity index is 303. The van der Waals surface area contributed by atoms with E-state index in [0.29, 0.717) is 5.92 Å². The summed E-state index contributed by atoms with van der Waals surface area (Å²) in [6.07, 6.45) is 5.19. The maximum Gasteiger partial charge on any atom is 0.222 e. The smallest absolute Gasteiger partial charge is 0.222 e. The lowest BCUT2D eigenvalue weighted by Gasteiger charge is -2.38. The molecule has 1 heterocycles. The van der Waals surface area contributed by atoms with E-state index in [1.807, 2.05) is 13.8 Å². The topological polar surface area (TPSA) is 52.6 Å². The molecule has 1 saturated heterocycles. The Hall–Kier alpha value is -0.610. The maximum absolute atomic E-state index is 11.8. The molecule has 2 unspecified atom stereocenters. The van der Waals surface area contributed by atoms with Crippen LogP contribution in [0, 0.1) is 17.8 Å². The Kier molecular flexibility index (Phi) is 5.22. The summed E-state index contributed by atoms with van der Waals surface area (Å²) < 4.78 is 0. The third kappa shape index (κ3) is 4.77. The lowest BCUT2D eigenvalue weighted by atomic mass is 9.89. The van der Waals surface area contributed by atoms with Crippen molar-refractivity contribution < 1.29 is 9.90 Å². The highest BCUT2D eigenvalue weighted by Crippen LogP contribution is 2.37. The van der Waals surface area contributed by atoms with Crippen LogP contribution in [0.25, 0.3) is 0 Å². The molecule has 1 amide bonds. The molecule has 0 radical (unpaired) electrons. The molecule has 2 fully saturated rings. The van der Waals surface area contributed by atoms with Crippen molar-refractivity contribution in [3.8, 4) is 0 Å². The van der Waals surface area contributed by atoms with Crippen molar-refractivity contribution in [3.05, 3.63) is 0 Å². The summed E-state index contributed by atoms with van der Waals surface area (Å²) in [6.45, 7) is 6.79. The summed E-state index contributed by atoms with van der Waals surface area (Å²) in [5, 5.41) is 12.3. The first kappa shape index (κ1) is 14.8. The van der Waals surface area contributed by atoms with Gasteiger partial charge >= 0.3 is 0 Å². The molecule has 0 aromatic heterocycles. The molecule has 110 valence electrons. The second kappa shape index (κ2) is 6.71. The predicted molar refractivity (Wildman–Crippen MR) is 75.7 cm³/mol. The summed E-state index contributed by atoms with van der Waals surface area (Å²) in [5.41, 5.74) is 0. The van der Waals surface area contributed by atoms with E-state index in [0.717, 1.165) is 32.0 Å². The summed E-state index contributed by atoms with van der Waals surface area (Å²) in [7, 11) is 0. The van der Waals surface area contributed by atoms with Gasteiger partial charge in [-0.2, -0.15) is 0 Å². The first-order valence-electron chi connectivity index (χ1n) is 7.72. The molecule has 4 heteroatoms. The number of rotatable bonds is 6. The molecule has 1 saturated carbocycles. The Labute approximate surface area is 116 Å². The van der Waals surface area contributed by atoms with E-state index in [4.69, 9.17) is 5.11 Å². The van der Waals surface area contributed by atoms with E-state index in [1.54, 1.807) is 0 Å². The number of nitrogens with one attached hydrogen (secondary N) is 1. The Morgan fingerprint density at radius 2 is 2.05 bits per heavy atom. The van der Waals surface area contributed by atoms with E-state index in [9.17, 15) is 4.79 Å². The first-order valence-corrected chi connectivity index (χ1v) is 7.72. The average molecular weight is 268 g/mol. The molecule has 0 aromatic carbocycles. The van der Waals surface area contributed by atoms with Crippen LogP contribution in [-0.4, -0.2) is 48.2 Å². The lowest BCUT2D eigenvalue weighted by molar-refractivity contribution is -0.125. The molecule has 4 nitrogen and oxygen atoms in total. The average Bonchev–Trinajstić information content (AvgIpc) is 3.12. The quantitative estimate of drug-likeness (QED) is 0.762. The molecule has 1 aliphatic carbocycles. The van der Waals surface area contributed by atoms with Crippen LogP contribution in [0.15, 0.2) is 0 Å². The van der Waals surface area contributed by atoms with Gasteiger partial charge in [-0.15, -0.1) is 0 Å². The number of carbonyl (C=O) groups is 1.